The van der Waals surface area contributed by atoms with Crippen LogP contribution in [0.1, 0.15) is 29.5 Å². The third-order valence-corrected chi connectivity index (χ3v) is 6.94. The molecule has 12 heteroatoms. The molecule has 0 spiro atoms. The van der Waals surface area contributed by atoms with Crippen LogP contribution >= 0.6 is 11.8 Å². The molecule has 192 valence electrons. The number of carbonyl (C=O) groups is 2. The van der Waals surface area contributed by atoms with Gasteiger partial charge >= 0.3 is 6.18 Å². The van der Waals surface area contributed by atoms with Crippen molar-refractivity contribution in [3.8, 4) is 23.3 Å². The first-order chi connectivity index (χ1) is 17.6. The predicted molar refractivity (Wildman–Crippen MR) is 131 cm³/mol. The average Bonchev–Trinajstić information content (AvgIpc) is 3.24. The Balaban J connectivity index is 1.51. The van der Waals surface area contributed by atoms with Gasteiger partial charge in [-0.1, -0.05) is 6.07 Å². The Morgan fingerprint density at radius 3 is 2.51 bits per heavy atom. The maximum atomic E-state index is 13.5. The number of amidine groups is 1. The SMILES string of the molecule is COc1cc(C=C2SC(N3CCC(C(N)=O)CC3)=NC2=O)ccc1Oc1ccc(C#N)cc1C(F)(F)F. The van der Waals surface area contributed by atoms with Gasteiger partial charge in [0.2, 0.25) is 5.91 Å². The summed E-state index contributed by atoms with van der Waals surface area (Å²) in [5.74, 6) is -1.22. The highest BCUT2D eigenvalue weighted by atomic mass is 32.2. The van der Waals surface area contributed by atoms with E-state index in [0.717, 1.165) is 12.1 Å². The summed E-state index contributed by atoms with van der Waals surface area (Å²) in [6.07, 6.45) is -1.94. The number of benzene rings is 2. The summed E-state index contributed by atoms with van der Waals surface area (Å²) in [6.45, 7) is 1.13. The molecule has 0 radical (unpaired) electrons. The molecule has 2 heterocycles. The molecule has 2 aromatic carbocycles. The minimum atomic E-state index is -4.73. The van der Waals surface area contributed by atoms with Crippen molar-refractivity contribution in [2.75, 3.05) is 20.2 Å². The second-order valence-corrected chi connectivity index (χ2v) is 9.32. The Kier molecular flexibility index (Phi) is 7.45. The van der Waals surface area contributed by atoms with Gasteiger partial charge < -0.3 is 20.1 Å². The van der Waals surface area contributed by atoms with Gasteiger partial charge in [-0.05, 0) is 66.6 Å². The van der Waals surface area contributed by atoms with Crippen molar-refractivity contribution >= 4 is 34.8 Å². The van der Waals surface area contributed by atoms with E-state index in [0.29, 0.717) is 41.6 Å². The maximum Gasteiger partial charge on any atom is 0.420 e. The Labute approximate surface area is 214 Å². The summed E-state index contributed by atoms with van der Waals surface area (Å²) >= 11 is 1.21. The quantitative estimate of drug-likeness (QED) is 0.564. The number of nitriles is 1. The minimum absolute atomic E-state index is 0.0273. The number of amides is 2. The molecule has 4 rings (SSSR count). The van der Waals surface area contributed by atoms with E-state index in [1.807, 2.05) is 4.90 Å². The smallest absolute Gasteiger partial charge is 0.420 e. The molecule has 1 fully saturated rings. The Morgan fingerprint density at radius 2 is 1.89 bits per heavy atom. The van der Waals surface area contributed by atoms with E-state index >= 15 is 0 Å². The van der Waals surface area contributed by atoms with Crippen LogP contribution < -0.4 is 15.2 Å². The van der Waals surface area contributed by atoms with Crippen LogP contribution in [0.4, 0.5) is 13.2 Å². The summed E-state index contributed by atoms with van der Waals surface area (Å²) in [5.41, 5.74) is 4.70. The third kappa shape index (κ3) is 5.89. The zero-order valence-electron chi connectivity index (χ0n) is 19.5. The molecule has 37 heavy (non-hydrogen) atoms. The fraction of sp³-hybridized carbons (Fsp3) is 0.280. The molecule has 2 amide bonds. The van der Waals surface area contributed by atoms with Crippen molar-refractivity contribution in [2.24, 2.45) is 16.6 Å². The van der Waals surface area contributed by atoms with E-state index in [4.69, 9.17) is 20.5 Å². The molecule has 1 saturated heterocycles. The molecular weight excluding hydrogens is 509 g/mol. The van der Waals surface area contributed by atoms with Crippen molar-refractivity contribution < 1.29 is 32.2 Å². The van der Waals surface area contributed by atoms with E-state index in [-0.39, 0.29) is 28.9 Å². The van der Waals surface area contributed by atoms with E-state index in [2.05, 4.69) is 4.99 Å². The van der Waals surface area contributed by atoms with Crippen molar-refractivity contribution in [2.45, 2.75) is 19.0 Å². The van der Waals surface area contributed by atoms with Gasteiger partial charge in [0.15, 0.2) is 16.7 Å². The lowest BCUT2D eigenvalue weighted by Gasteiger charge is -2.31. The maximum absolute atomic E-state index is 13.5. The second kappa shape index (κ2) is 10.6. The van der Waals surface area contributed by atoms with Crippen molar-refractivity contribution in [3.63, 3.8) is 0 Å². The number of methoxy groups -OCH3 is 1. The highest BCUT2D eigenvalue weighted by Crippen LogP contribution is 2.41. The summed E-state index contributed by atoms with van der Waals surface area (Å²) in [7, 11) is 1.34. The average molecular weight is 531 g/mol. The summed E-state index contributed by atoms with van der Waals surface area (Å²) in [5, 5.41) is 9.49. The molecular formula is C25H21F3N4O4S. The molecule has 0 aliphatic carbocycles. The van der Waals surface area contributed by atoms with Crippen LogP contribution in [-0.2, 0) is 15.8 Å². The predicted octanol–water partition coefficient (Wildman–Crippen LogP) is 4.55. The van der Waals surface area contributed by atoms with Gasteiger partial charge in [-0.2, -0.15) is 23.4 Å². The van der Waals surface area contributed by atoms with Gasteiger partial charge in [0, 0.05) is 19.0 Å². The first kappa shape index (κ1) is 26.1. The largest absolute Gasteiger partial charge is 0.493 e. The van der Waals surface area contributed by atoms with Crippen LogP contribution in [0.25, 0.3) is 6.08 Å². The van der Waals surface area contributed by atoms with Gasteiger partial charge in [0.25, 0.3) is 5.91 Å². The van der Waals surface area contributed by atoms with Gasteiger partial charge in [0.05, 0.1) is 29.2 Å². The molecule has 0 unspecified atom stereocenters. The third-order valence-electron chi connectivity index (χ3n) is 5.90. The number of hydrogen-bond donors (Lipinski definition) is 1. The van der Waals surface area contributed by atoms with Crippen LogP contribution in [-0.4, -0.2) is 42.1 Å². The number of piperidine rings is 1. The lowest BCUT2D eigenvalue weighted by Crippen LogP contribution is -2.40. The van der Waals surface area contributed by atoms with E-state index in [9.17, 15) is 22.8 Å². The molecule has 8 nitrogen and oxygen atoms in total. The van der Waals surface area contributed by atoms with Gasteiger partial charge in [-0.25, -0.2) is 0 Å². The van der Waals surface area contributed by atoms with Crippen LogP contribution in [0.2, 0.25) is 0 Å². The molecule has 2 aliphatic rings. The summed E-state index contributed by atoms with van der Waals surface area (Å²) < 4.78 is 51.3. The lowest BCUT2D eigenvalue weighted by atomic mass is 9.97. The van der Waals surface area contributed by atoms with Gasteiger partial charge in [0.1, 0.15) is 5.75 Å². The monoisotopic (exact) mass is 530 g/mol. The number of primary amides is 1. The zero-order valence-corrected chi connectivity index (χ0v) is 20.4. The molecule has 0 bridgehead atoms. The van der Waals surface area contributed by atoms with Crippen LogP contribution in [0.15, 0.2) is 46.3 Å². The van der Waals surface area contributed by atoms with Gasteiger partial charge in [-0.15, -0.1) is 0 Å². The van der Waals surface area contributed by atoms with Crippen LogP contribution in [0, 0.1) is 17.2 Å². The number of nitrogens with two attached hydrogens (primary N) is 1. The number of aliphatic imine (C=N–C) groups is 1. The Morgan fingerprint density at radius 1 is 1.19 bits per heavy atom. The van der Waals surface area contributed by atoms with Crippen LogP contribution in [0.3, 0.4) is 0 Å². The van der Waals surface area contributed by atoms with Crippen molar-refractivity contribution in [3.05, 3.63) is 58.0 Å². The summed E-state index contributed by atoms with van der Waals surface area (Å²) in [6, 6.07) is 9.25. The van der Waals surface area contributed by atoms with E-state index in [1.165, 1.54) is 37.1 Å². The molecule has 0 saturated carbocycles. The molecule has 2 N–H and O–H groups in total. The zero-order chi connectivity index (χ0) is 26.7. The first-order valence-electron chi connectivity index (χ1n) is 11.1. The molecule has 0 atom stereocenters. The number of thioether (sulfide) groups is 1. The number of alkyl halides is 3. The fourth-order valence-electron chi connectivity index (χ4n) is 3.93. The van der Waals surface area contributed by atoms with E-state index < -0.39 is 23.4 Å². The topological polar surface area (TPSA) is 118 Å². The molecule has 2 aromatic rings. The van der Waals surface area contributed by atoms with Gasteiger partial charge in [-0.3, -0.25) is 9.59 Å². The number of ether oxygens (including phenoxy) is 2. The molecule has 2 aliphatic heterocycles. The number of likely N-dealkylation sites (tertiary alicyclic amines) is 1. The van der Waals surface area contributed by atoms with E-state index in [1.54, 1.807) is 18.2 Å². The highest BCUT2D eigenvalue weighted by Gasteiger charge is 2.35. The standard InChI is InChI=1S/C25H21F3N4O4S/c1-35-20-11-14(2-5-19(20)36-18-4-3-15(13-29)10-17(18)25(26,27)28)12-21-23(34)31-24(37-21)32-8-6-16(7-9-32)22(30)33/h2-5,10-12,16H,6-9H2,1H3,(H2,30,33). The second-order valence-electron chi connectivity index (χ2n) is 8.31. The summed E-state index contributed by atoms with van der Waals surface area (Å²) in [4.78, 5) is 30.3. The fourth-order valence-corrected chi connectivity index (χ4v) is 4.89. The number of hydrogen-bond acceptors (Lipinski definition) is 7. The Bertz CT molecular complexity index is 1340. The normalized spacial score (nSPS) is 17.5. The number of nitrogens with zero attached hydrogens (tertiary/aromatic N) is 3. The number of halogens is 3. The Hall–Kier alpha value is -3.98. The minimum Gasteiger partial charge on any atom is -0.493 e. The van der Waals surface area contributed by atoms with Crippen molar-refractivity contribution in [1.82, 2.24) is 4.90 Å². The highest BCUT2D eigenvalue weighted by molar-refractivity contribution is 8.18. The first-order valence-corrected chi connectivity index (χ1v) is 11.9. The number of carbonyl (C=O) groups excluding carboxylic acids is 2. The number of rotatable bonds is 5. The molecule has 0 aromatic heterocycles. The van der Waals surface area contributed by atoms with Crippen LogP contribution in [0.5, 0.6) is 17.2 Å². The lowest BCUT2D eigenvalue weighted by molar-refractivity contribution is -0.138. The van der Waals surface area contributed by atoms with Crippen molar-refractivity contribution in [1.29, 1.82) is 5.26 Å².